The molecule has 1 aliphatic heterocycles. The van der Waals surface area contributed by atoms with E-state index in [-0.39, 0.29) is 19.3 Å². The van der Waals surface area contributed by atoms with Gasteiger partial charge in [0.05, 0.1) is 6.61 Å². The van der Waals surface area contributed by atoms with Crippen molar-refractivity contribution in [3.05, 3.63) is 47.7 Å². The van der Waals surface area contributed by atoms with E-state index in [0.29, 0.717) is 28.4 Å². The molecule has 2 aromatic rings. The highest BCUT2D eigenvalue weighted by molar-refractivity contribution is 6.04. The van der Waals surface area contributed by atoms with Gasteiger partial charge in [0, 0.05) is 11.8 Å². The van der Waals surface area contributed by atoms with E-state index in [0.717, 1.165) is 0 Å². The Balaban J connectivity index is 1.79. The zero-order valence-electron chi connectivity index (χ0n) is 10.5. The maximum absolute atomic E-state index is 12.1. The van der Waals surface area contributed by atoms with Crippen LogP contribution in [0, 0.1) is 0 Å². The van der Waals surface area contributed by atoms with Gasteiger partial charge >= 0.3 is 0 Å². The third kappa shape index (κ3) is 2.41. The lowest BCUT2D eigenvalue weighted by molar-refractivity contribution is 0.102. The summed E-state index contributed by atoms with van der Waals surface area (Å²) >= 11 is 0. The Morgan fingerprint density at radius 2 is 2.10 bits per heavy atom. The monoisotopic (exact) mass is 272 g/mol. The van der Waals surface area contributed by atoms with Crippen molar-refractivity contribution in [3.63, 3.8) is 0 Å². The van der Waals surface area contributed by atoms with Crippen molar-refractivity contribution in [2.75, 3.05) is 12.1 Å². The van der Waals surface area contributed by atoms with Gasteiger partial charge in [-0.3, -0.25) is 4.79 Å². The molecule has 0 spiro atoms. The molecule has 0 aliphatic carbocycles. The van der Waals surface area contributed by atoms with Crippen LogP contribution in [0.5, 0.6) is 11.5 Å². The standard InChI is InChI=1S/C14H12N2O4/c17-7-9-3-4-15-13(5-9)16-14(18)10-1-2-11-12(6-10)20-8-19-11/h1-6,17H,7-8H2,(H,15,16,18). The third-order valence-electron chi connectivity index (χ3n) is 2.88. The molecule has 1 aliphatic rings. The molecule has 2 heterocycles. The Labute approximate surface area is 115 Å². The van der Waals surface area contributed by atoms with Crippen molar-refractivity contribution in [1.29, 1.82) is 0 Å². The summed E-state index contributed by atoms with van der Waals surface area (Å²) in [5, 5.41) is 11.7. The first kappa shape index (κ1) is 12.4. The molecular formula is C14H12N2O4. The molecule has 0 fully saturated rings. The predicted octanol–water partition coefficient (Wildman–Crippen LogP) is 1.55. The van der Waals surface area contributed by atoms with Gasteiger partial charge in [-0.25, -0.2) is 4.98 Å². The fraction of sp³-hybridized carbons (Fsp3) is 0.143. The minimum absolute atomic E-state index is 0.102. The molecule has 2 N–H and O–H groups in total. The number of carbonyl (C=O) groups is 1. The average molecular weight is 272 g/mol. The maximum atomic E-state index is 12.1. The van der Waals surface area contributed by atoms with Gasteiger partial charge in [-0.2, -0.15) is 0 Å². The van der Waals surface area contributed by atoms with Gasteiger partial charge < -0.3 is 19.9 Å². The molecule has 0 atom stereocenters. The number of benzene rings is 1. The predicted molar refractivity (Wildman–Crippen MR) is 70.7 cm³/mol. The normalized spacial score (nSPS) is 12.2. The molecule has 1 amide bonds. The second-order valence-corrected chi connectivity index (χ2v) is 4.23. The molecule has 0 bridgehead atoms. The molecule has 0 saturated heterocycles. The number of aliphatic hydroxyl groups excluding tert-OH is 1. The lowest BCUT2D eigenvalue weighted by Crippen LogP contribution is -2.13. The highest BCUT2D eigenvalue weighted by atomic mass is 16.7. The van der Waals surface area contributed by atoms with Crippen LogP contribution in [0.1, 0.15) is 15.9 Å². The molecule has 102 valence electrons. The summed E-state index contributed by atoms with van der Waals surface area (Å²) in [6, 6.07) is 8.25. The third-order valence-corrected chi connectivity index (χ3v) is 2.88. The molecule has 20 heavy (non-hydrogen) atoms. The number of amides is 1. The van der Waals surface area contributed by atoms with Crippen molar-refractivity contribution in [1.82, 2.24) is 4.98 Å². The van der Waals surface area contributed by atoms with Crippen molar-refractivity contribution in [3.8, 4) is 11.5 Å². The molecule has 0 unspecified atom stereocenters. The molecule has 1 aromatic carbocycles. The molecule has 1 aromatic heterocycles. The first-order valence-electron chi connectivity index (χ1n) is 6.03. The first-order chi connectivity index (χ1) is 9.76. The number of aromatic nitrogens is 1. The summed E-state index contributed by atoms with van der Waals surface area (Å²) in [5.74, 6) is 1.27. The largest absolute Gasteiger partial charge is 0.454 e. The van der Waals surface area contributed by atoms with Crippen molar-refractivity contribution in [2.45, 2.75) is 6.61 Å². The molecule has 0 saturated carbocycles. The molecule has 6 nitrogen and oxygen atoms in total. The Hall–Kier alpha value is -2.60. The summed E-state index contributed by atoms with van der Waals surface area (Å²) in [6.07, 6.45) is 1.53. The van der Waals surface area contributed by atoms with Gasteiger partial charge in [0.15, 0.2) is 11.5 Å². The van der Waals surface area contributed by atoms with E-state index in [9.17, 15) is 4.79 Å². The lowest BCUT2D eigenvalue weighted by atomic mass is 10.2. The van der Waals surface area contributed by atoms with Crippen LogP contribution in [0.15, 0.2) is 36.5 Å². The Bertz CT molecular complexity index is 657. The van der Waals surface area contributed by atoms with Crippen LogP contribution in [0.3, 0.4) is 0 Å². The van der Waals surface area contributed by atoms with Crippen LogP contribution < -0.4 is 14.8 Å². The Morgan fingerprint density at radius 3 is 2.95 bits per heavy atom. The van der Waals surface area contributed by atoms with E-state index in [4.69, 9.17) is 14.6 Å². The van der Waals surface area contributed by atoms with Crippen LogP contribution in [0.25, 0.3) is 0 Å². The Kier molecular flexibility index (Phi) is 3.22. The fourth-order valence-corrected chi connectivity index (χ4v) is 1.87. The van der Waals surface area contributed by atoms with E-state index < -0.39 is 0 Å². The van der Waals surface area contributed by atoms with E-state index in [1.54, 1.807) is 30.3 Å². The SMILES string of the molecule is O=C(Nc1cc(CO)ccn1)c1ccc2c(c1)OCO2. The number of fused-ring (bicyclic) bond motifs is 1. The van der Waals surface area contributed by atoms with E-state index in [2.05, 4.69) is 10.3 Å². The molecular weight excluding hydrogens is 260 g/mol. The second-order valence-electron chi connectivity index (χ2n) is 4.23. The summed E-state index contributed by atoms with van der Waals surface area (Å²) in [5.41, 5.74) is 1.13. The number of nitrogens with zero attached hydrogens (tertiary/aromatic N) is 1. The van der Waals surface area contributed by atoms with Gasteiger partial charge in [-0.05, 0) is 35.9 Å². The number of carbonyl (C=O) groups excluding carboxylic acids is 1. The molecule has 0 radical (unpaired) electrons. The fourth-order valence-electron chi connectivity index (χ4n) is 1.87. The van der Waals surface area contributed by atoms with Crippen LogP contribution in [-0.2, 0) is 6.61 Å². The topological polar surface area (TPSA) is 80.7 Å². The van der Waals surface area contributed by atoms with Gasteiger partial charge in [0.1, 0.15) is 5.82 Å². The number of aliphatic hydroxyl groups is 1. The highest BCUT2D eigenvalue weighted by Crippen LogP contribution is 2.32. The maximum Gasteiger partial charge on any atom is 0.256 e. The number of anilines is 1. The van der Waals surface area contributed by atoms with Gasteiger partial charge in [-0.15, -0.1) is 0 Å². The Morgan fingerprint density at radius 1 is 1.25 bits per heavy atom. The van der Waals surface area contributed by atoms with Crippen LogP contribution >= 0.6 is 0 Å². The average Bonchev–Trinajstić information content (AvgIpc) is 2.94. The van der Waals surface area contributed by atoms with Crippen molar-refractivity contribution in [2.24, 2.45) is 0 Å². The molecule has 6 heteroatoms. The second kappa shape index (κ2) is 5.18. The number of rotatable bonds is 3. The van der Waals surface area contributed by atoms with Crippen LogP contribution in [0.4, 0.5) is 5.82 Å². The summed E-state index contributed by atoms with van der Waals surface area (Å²) in [4.78, 5) is 16.1. The zero-order valence-corrected chi connectivity index (χ0v) is 10.5. The number of hydrogen-bond acceptors (Lipinski definition) is 5. The van der Waals surface area contributed by atoms with Gasteiger partial charge in [0.25, 0.3) is 5.91 Å². The molecule has 3 rings (SSSR count). The van der Waals surface area contributed by atoms with E-state index in [1.165, 1.54) is 6.20 Å². The summed E-state index contributed by atoms with van der Waals surface area (Å²) < 4.78 is 10.4. The first-order valence-corrected chi connectivity index (χ1v) is 6.03. The number of ether oxygens (including phenoxy) is 2. The van der Waals surface area contributed by atoms with Crippen LogP contribution in [-0.4, -0.2) is 22.8 Å². The zero-order chi connectivity index (χ0) is 13.9. The minimum atomic E-state index is -0.300. The van der Waals surface area contributed by atoms with E-state index >= 15 is 0 Å². The highest BCUT2D eigenvalue weighted by Gasteiger charge is 2.16. The minimum Gasteiger partial charge on any atom is -0.454 e. The van der Waals surface area contributed by atoms with Crippen molar-refractivity contribution < 1.29 is 19.4 Å². The number of pyridine rings is 1. The van der Waals surface area contributed by atoms with Gasteiger partial charge in [-0.1, -0.05) is 0 Å². The van der Waals surface area contributed by atoms with Crippen LogP contribution in [0.2, 0.25) is 0 Å². The summed E-state index contributed by atoms with van der Waals surface area (Å²) in [7, 11) is 0. The van der Waals surface area contributed by atoms with E-state index in [1.807, 2.05) is 0 Å². The number of nitrogens with one attached hydrogen (secondary N) is 1. The lowest BCUT2D eigenvalue weighted by Gasteiger charge is -2.06. The smallest absolute Gasteiger partial charge is 0.256 e. The summed E-state index contributed by atoms with van der Waals surface area (Å²) in [6.45, 7) is 0.0654. The number of hydrogen-bond donors (Lipinski definition) is 2. The van der Waals surface area contributed by atoms with Crippen molar-refractivity contribution >= 4 is 11.7 Å². The quantitative estimate of drug-likeness (QED) is 0.886. The van der Waals surface area contributed by atoms with Gasteiger partial charge in [0.2, 0.25) is 6.79 Å².